The first-order valence-corrected chi connectivity index (χ1v) is 6.55. The minimum Gasteiger partial charge on any atom is -0.490 e. The summed E-state index contributed by atoms with van der Waals surface area (Å²) in [6.45, 7) is 1.29. The molecule has 6 nitrogen and oxygen atoms in total. The van der Waals surface area contributed by atoms with Gasteiger partial charge in [0.25, 0.3) is 0 Å². The molecule has 0 fully saturated rings. The van der Waals surface area contributed by atoms with E-state index in [-0.39, 0.29) is 5.96 Å². The SMILES string of the molecule is NC(N)=NCc1ccc(OCCOc2ccccc2)nc1. The number of benzene rings is 1. The maximum Gasteiger partial charge on any atom is 0.213 e. The molecule has 0 amide bonds. The second-order valence-corrected chi connectivity index (χ2v) is 4.26. The Hall–Kier alpha value is -2.76. The maximum atomic E-state index is 5.52. The van der Waals surface area contributed by atoms with Crippen LogP contribution >= 0.6 is 0 Å². The number of pyridine rings is 1. The van der Waals surface area contributed by atoms with E-state index in [1.807, 2.05) is 36.4 Å². The van der Waals surface area contributed by atoms with Crippen LogP contribution in [0, 0.1) is 0 Å². The summed E-state index contributed by atoms with van der Waals surface area (Å²) in [5.41, 5.74) is 11.4. The minimum absolute atomic E-state index is 0.0633. The van der Waals surface area contributed by atoms with Crippen molar-refractivity contribution >= 4 is 5.96 Å². The van der Waals surface area contributed by atoms with Crippen molar-refractivity contribution in [3.8, 4) is 11.6 Å². The summed E-state index contributed by atoms with van der Waals surface area (Å²) in [5.74, 6) is 1.43. The number of nitrogens with two attached hydrogens (primary N) is 2. The van der Waals surface area contributed by atoms with E-state index >= 15 is 0 Å². The van der Waals surface area contributed by atoms with E-state index in [4.69, 9.17) is 20.9 Å². The van der Waals surface area contributed by atoms with Crippen LogP contribution in [0.3, 0.4) is 0 Å². The lowest BCUT2D eigenvalue weighted by Gasteiger charge is -2.07. The summed E-state index contributed by atoms with van der Waals surface area (Å²) in [5, 5.41) is 0. The highest BCUT2D eigenvalue weighted by molar-refractivity contribution is 5.75. The van der Waals surface area contributed by atoms with Gasteiger partial charge in [0, 0.05) is 12.3 Å². The van der Waals surface area contributed by atoms with Crippen LogP contribution < -0.4 is 20.9 Å². The van der Waals surface area contributed by atoms with Crippen LogP contribution in [0.5, 0.6) is 11.6 Å². The number of aliphatic imine (C=N–C) groups is 1. The van der Waals surface area contributed by atoms with E-state index in [2.05, 4.69) is 9.98 Å². The summed E-state index contributed by atoms with van der Waals surface area (Å²) in [6.07, 6.45) is 1.68. The van der Waals surface area contributed by atoms with Crippen molar-refractivity contribution in [3.63, 3.8) is 0 Å². The fourth-order valence-electron chi connectivity index (χ4n) is 1.59. The summed E-state index contributed by atoms with van der Waals surface area (Å²) >= 11 is 0. The molecule has 0 spiro atoms. The molecule has 0 radical (unpaired) electrons. The molecule has 0 saturated heterocycles. The van der Waals surface area contributed by atoms with Crippen LogP contribution in [0.4, 0.5) is 0 Å². The third-order valence-electron chi connectivity index (χ3n) is 2.59. The molecule has 6 heteroatoms. The lowest BCUT2D eigenvalue weighted by Crippen LogP contribution is -2.22. The zero-order chi connectivity index (χ0) is 14.9. The molecule has 110 valence electrons. The second kappa shape index (κ2) is 7.74. The number of hydrogen-bond acceptors (Lipinski definition) is 4. The molecule has 2 aromatic rings. The van der Waals surface area contributed by atoms with Gasteiger partial charge in [0.2, 0.25) is 5.88 Å². The first-order chi connectivity index (χ1) is 10.2. The zero-order valence-corrected chi connectivity index (χ0v) is 11.6. The Bertz CT molecular complexity index is 566. The molecule has 4 N–H and O–H groups in total. The van der Waals surface area contributed by atoms with Gasteiger partial charge in [0.05, 0.1) is 6.54 Å². The van der Waals surface area contributed by atoms with E-state index in [1.165, 1.54) is 0 Å². The number of ether oxygens (including phenoxy) is 2. The van der Waals surface area contributed by atoms with Crippen LogP contribution in [0.1, 0.15) is 5.56 Å². The number of para-hydroxylation sites is 1. The number of nitrogens with zero attached hydrogens (tertiary/aromatic N) is 2. The molecule has 0 aliphatic heterocycles. The highest BCUT2D eigenvalue weighted by atomic mass is 16.5. The van der Waals surface area contributed by atoms with Crippen LogP contribution in [0.2, 0.25) is 0 Å². The Morgan fingerprint density at radius 1 is 1.00 bits per heavy atom. The van der Waals surface area contributed by atoms with Crippen molar-refractivity contribution in [3.05, 3.63) is 54.2 Å². The standard InChI is InChI=1S/C15H18N4O2/c16-15(17)19-11-12-6-7-14(18-10-12)21-9-8-20-13-4-2-1-3-5-13/h1-7,10H,8-9,11H2,(H4,16,17,19). The summed E-state index contributed by atoms with van der Waals surface area (Å²) < 4.78 is 11.0. The van der Waals surface area contributed by atoms with Gasteiger partial charge in [0.1, 0.15) is 19.0 Å². The number of aromatic nitrogens is 1. The molecular formula is C15H18N4O2. The largest absolute Gasteiger partial charge is 0.490 e. The van der Waals surface area contributed by atoms with Crippen LogP contribution in [0.25, 0.3) is 0 Å². The van der Waals surface area contributed by atoms with Crippen molar-refractivity contribution in [2.24, 2.45) is 16.5 Å². The smallest absolute Gasteiger partial charge is 0.213 e. The fraction of sp³-hybridized carbons (Fsp3) is 0.200. The van der Waals surface area contributed by atoms with Crippen LogP contribution in [-0.4, -0.2) is 24.2 Å². The van der Waals surface area contributed by atoms with Gasteiger partial charge in [-0.25, -0.2) is 9.98 Å². The monoisotopic (exact) mass is 286 g/mol. The van der Waals surface area contributed by atoms with Crippen molar-refractivity contribution in [2.75, 3.05) is 13.2 Å². The predicted molar refractivity (Wildman–Crippen MR) is 81.2 cm³/mol. The third kappa shape index (κ3) is 5.40. The molecule has 0 aliphatic carbocycles. The van der Waals surface area contributed by atoms with Crippen LogP contribution in [-0.2, 0) is 6.54 Å². The lowest BCUT2D eigenvalue weighted by molar-refractivity contribution is 0.212. The second-order valence-electron chi connectivity index (χ2n) is 4.26. The van der Waals surface area contributed by atoms with Gasteiger partial charge in [0.15, 0.2) is 5.96 Å². The molecule has 0 bridgehead atoms. The molecule has 1 heterocycles. The molecular weight excluding hydrogens is 268 g/mol. The average molecular weight is 286 g/mol. The Balaban J connectivity index is 1.72. The molecule has 0 saturated carbocycles. The minimum atomic E-state index is 0.0633. The van der Waals surface area contributed by atoms with Crippen molar-refractivity contribution < 1.29 is 9.47 Å². The van der Waals surface area contributed by atoms with E-state index < -0.39 is 0 Å². The quantitative estimate of drug-likeness (QED) is 0.454. The van der Waals surface area contributed by atoms with Gasteiger partial charge >= 0.3 is 0 Å². The van der Waals surface area contributed by atoms with Gasteiger partial charge in [-0.05, 0) is 17.7 Å². The maximum absolute atomic E-state index is 5.52. The van der Waals surface area contributed by atoms with E-state index in [9.17, 15) is 0 Å². The van der Waals surface area contributed by atoms with Crippen LogP contribution in [0.15, 0.2) is 53.7 Å². The zero-order valence-electron chi connectivity index (χ0n) is 11.6. The Morgan fingerprint density at radius 2 is 1.76 bits per heavy atom. The van der Waals surface area contributed by atoms with Crippen molar-refractivity contribution in [1.82, 2.24) is 4.98 Å². The third-order valence-corrected chi connectivity index (χ3v) is 2.59. The average Bonchev–Trinajstić information content (AvgIpc) is 2.52. The molecule has 0 unspecified atom stereocenters. The highest BCUT2D eigenvalue weighted by Crippen LogP contribution is 2.10. The van der Waals surface area contributed by atoms with Gasteiger partial charge in [-0.15, -0.1) is 0 Å². The molecule has 2 rings (SSSR count). The summed E-state index contributed by atoms with van der Waals surface area (Å²) in [7, 11) is 0. The number of rotatable bonds is 7. The number of hydrogen-bond donors (Lipinski definition) is 2. The highest BCUT2D eigenvalue weighted by Gasteiger charge is 1.98. The van der Waals surface area contributed by atoms with E-state index in [0.29, 0.717) is 25.6 Å². The fourth-order valence-corrected chi connectivity index (χ4v) is 1.59. The van der Waals surface area contributed by atoms with Gasteiger partial charge in [-0.2, -0.15) is 0 Å². The summed E-state index contributed by atoms with van der Waals surface area (Å²) in [6, 6.07) is 13.2. The normalized spacial score (nSPS) is 9.90. The van der Waals surface area contributed by atoms with Gasteiger partial charge < -0.3 is 20.9 Å². The molecule has 0 aliphatic rings. The van der Waals surface area contributed by atoms with Gasteiger partial charge in [-0.3, -0.25) is 0 Å². The molecule has 1 aromatic carbocycles. The molecule has 1 aromatic heterocycles. The van der Waals surface area contributed by atoms with E-state index in [1.54, 1.807) is 12.3 Å². The van der Waals surface area contributed by atoms with E-state index in [0.717, 1.165) is 11.3 Å². The Labute approximate surface area is 123 Å². The summed E-state index contributed by atoms with van der Waals surface area (Å²) in [4.78, 5) is 8.08. The Morgan fingerprint density at radius 3 is 2.43 bits per heavy atom. The first kappa shape index (κ1) is 14.6. The molecule has 21 heavy (non-hydrogen) atoms. The first-order valence-electron chi connectivity index (χ1n) is 6.55. The predicted octanol–water partition coefficient (Wildman–Crippen LogP) is 1.31. The van der Waals surface area contributed by atoms with Gasteiger partial charge in [-0.1, -0.05) is 24.3 Å². The topological polar surface area (TPSA) is 95.8 Å². The number of guanidine groups is 1. The van der Waals surface area contributed by atoms with Crippen molar-refractivity contribution in [2.45, 2.75) is 6.54 Å². The van der Waals surface area contributed by atoms with Crippen molar-refractivity contribution in [1.29, 1.82) is 0 Å². The molecule has 0 atom stereocenters. The Kier molecular flexibility index (Phi) is 5.40. The lowest BCUT2D eigenvalue weighted by atomic mass is 10.3.